The number of benzene rings is 1. The first-order valence-corrected chi connectivity index (χ1v) is 9.31. The molecule has 1 aliphatic heterocycles. The van der Waals surface area contributed by atoms with E-state index < -0.39 is 17.7 Å². The molecule has 1 N–H and O–H groups in total. The number of ketones is 1. The van der Waals surface area contributed by atoms with Crippen molar-refractivity contribution < 1.29 is 14.7 Å². The van der Waals surface area contributed by atoms with Gasteiger partial charge in [-0.25, -0.2) is 0 Å². The number of aliphatic hydroxyl groups is 1. The molecule has 0 bridgehead atoms. The summed E-state index contributed by atoms with van der Waals surface area (Å²) in [6.07, 6.45) is 3.33. The molecule has 27 heavy (non-hydrogen) atoms. The summed E-state index contributed by atoms with van der Waals surface area (Å²) in [4.78, 5) is 32.0. The number of carbonyl (C=O) groups is 2. The Morgan fingerprint density at radius 3 is 2.59 bits per heavy atom. The fourth-order valence-electron chi connectivity index (χ4n) is 3.26. The van der Waals surface area contributed by atoms with Crippen LogP contribution in [0.3, 0.4) is 0 Å². The molecule has 2 aromatic heterocycles. The highest BCUT2D eigenvalue weighted by atomic mass is 32.1. The zero-order valence-electron chi connectivity index (χ0n) is 14.3. The lowest BCUT2D eigenvalue weighted by atomic mass is 9.95. The number of amides is 1. The van der Waals surface area contributed by atoms with E-state index in [0.29, 0.717) is 4.88 Å². The van der Waals surface area contributed by atoms with Crippen molar-refractivity contribution in [3.05, 3.63) is 99.7 Å². The van der Waals surface area contributed by atoms with Crippen LogP contribution in [0.15, 0.2) is 83.7 Å². The van der Waals surface area contributed by atoms with Gasteiger partial charge in [-0.15, -0.1) is 11.3 Å². The molecule has 134 valence electrons. The number of aliphatic hydroxyl groups excluding tert-OH is 1. The quantitative estimate of drug-likeness (QED) is 0.685. The van der Waals surface area contributed by atoms with Gasteiger partial charge in [0, 0.05) is 18.9 Å². The Bertz CT molecular complexity index is 998. The molecule has 6 heteroatoms. The van der Waals surface area contributed by atoms with Gasteiger partial charge in [-0.3, -0.25) is 14.6 Å². The highest BCUT2D eigenvalue weighted by Gasteiger charge is 2.43. The lowest BCUT2D eigenvalue weighted by Gasteiger charge is -2.26. The Morgan fingerprint density at radius 2 is 1.93 bits per heavy atom. The lowest BCUT2D eigenvalue weighted by molar-refractivity contribution is -0.130. The molecular formula is C21H16N2O3S. The third-order valence-corrected chi connectivity index (χ3v) is 5.35. The SMILES string of the molecule is O=C(C1=C(O)C(=O)N(Cc2cccnc2)[C@H]1c1ccccc1)c1cccs1. The minimum absolute atomic E-state index is 0.123. The molecule has 0 unspecified atom stereocenters. The van der Waals surface area contributed by atoms with Crippen molar-refractivity contribution in [2.45, 2.75) is 12.6 Å². The van der Waals surface area contributed by atoms with Crippen LogP contribution < -0.4 is 0 Å². The summed E-state index contributed by atoms with van der Waals surface area (Å²) in [5.74, 6) is -1.35. The molecule has 1 atom stereocenters. The van der Waals surface area contributed by atoms with Crippen molar-refractivity contribution in [3.8, 4) is 0 Å². The summed E-state index contributed by atoms with van der Waals surface area (Å²) in [7, 11) is 0. The van der Waals surface area contributed by atoms with Crippen molar-refractivity contribution in [2.75, 3.05) is 0 Å². The second kappa shape index (κ2) is 7.17. The van der Waals surface area contributed by atoms with E-state index >= 15 is 0 Å². The summed E-state index contributed by atoms with van der Waals surface area (Å²) in [6, 6.07) is 15.8. The van der Waals surface area contributed by atoms with Crippen LogP contribution in [0, 0.1) is 0 Å². The number of carbonyl (C=O) groups excluding carboxylic acids is 2. The summed E-state index contributed by atoms with van der Waals surface area (Å²) in [5, 5.41) is 12.4. The number of nitrogens with zero attached hydrogens (tertiary/aromatic N) is 2. The first-order valence-electron chi connectivity index (χ1n) is 8.43. The molecular weight excluding hydrogens is 360 g/mol. The number of Topliss-reactive ketones (excluding diaryl/α,β-unsaturated/α-hetero) is 1. The van der Waals surface area contributed by atoms with E-state index in [2.05, 4.69) is 4.98 Å². The molecule has 1 aliphatic rings. The normalized spacial score (nSPS) is 16.8. The van der Waals surface area contributed by atoms with Gasteiger partial charge in [-0.2, -0.15) is 0 Å². The van der Waals surface area contributed by atoms with Crippen molar-refractivity contribution in [1.82, 2.24) is 9.88 Å². The van der Waals surface area contributed by atoms with Crippen molar-refractivity contribution in [2.24, 2.45) is 0 Å². The number of hydrogen-bond donors (Lipinski definition) is 1. The Labute approximate surface area is 160 Å². The zero-order valence-corrected chi connectivity index (χ0v) is 15.1. The zero-order chi connectivity index (χ0) is 18.8. The number of thiophene rings is 1. The molecule has 0 spiro atoms. The summed E-state index contributed by atoms with van der Waals surface area (Å²) >= 11 is 1.29. The summed E-state index contributed by atoms with van der Waals surface area (Å²) < 4.78 is 0. The van der Waals surface area contributed by atoms with Crippen LogP contribution in [-0.2, 0) is 11.3 Å². The van der Waals surface area contributed by atoms with Gasteiger partial charge in [0.25, 0.3) is 5.91 Å². The van der Waals surface area contributed by atoms with Gasteiger partial charge in [-0.05, 0) is 28.6 Å². The van der Waals surface area contributed by atoms with E-state index in [1.165, 1.54) is 16.2 Å². The summed E-state index contributed by atoms with van der Waals surface area (Å²) in [6.45, 7) is 0.248. The van der Waals surface area contributed by atoms with E-state index in [4.69, 9.17) is 0 Å². The van der Waals surface area contributed by atoms with Crippen molar-refractivity contribution in [1.29, 1.82) is 0 Å². The van der Waals surface area contributed by atoms with Gasteiger partial charge >= 0.3 is 0 Å². The molecule has 1 amide bonds. The Hall–Kier alpha value is -3.25. The highest BCUT2D eigenvalue weighted by molar-refractivity contribution is 7.12. The maximum Gasteiger partial charge on any atom is 0.290 e. The molecule has 5 nitrogen and oxygen atoms in total. The van der Waals surface area contributed by atoms with Crippen LogP contribution in [0.2, 0.25) is 0 Å². The molecule has 0 saturated heterocycles. The fraction of sp³-hybridized carbons (Fsp3) is 0.0952. The van der Waals surface area contributed by atoms with Gasteiger partial charge in [-0.1, -0.05) is 42.5 Å². The molecule has 3 heterocycles. The number of aromatic nitrogens is 1. The maximum absolute atomic E-state index is 13.0. The third kappa shape index (κ3) is 3.15. The van der Waals surface area contributed by atoms with E-state index in [1.54, 1.807) is 36.0 Å². The maximum atomic E-state index is 13.0. The van der Waals surface area contributed by atoms with Gasteiger partial charge in [0.1, 0.15) is 0 Å². The molecule has 0 fully saturated rings. The largest absolute Gasteiger partial charge is 0.503 e. The molecule has 0 aliphatic carbocycles. The fourth-order valence-corrected chi connectivity index (χ4v) is 3.94. The Kier molecular flexibility index (Phi) is 4.56. The molecule has 1 aromatic carbocycles. The average molecular weight is 376 g/mol. The van der Waals surface area contributed by atoms with Gasteiger partial charge in [0.2, 0.25) is 5.78 Å². The average Bonchev–Trinajstić information content (AvgIpc) is 3.32. The second-order valence-electron chi connectivity index (χ2n) is 6.18. The predicted octanol–water partition coefficient (Wildman–Crippen LogP) is 3.92. The van der Waals surface area contributed by atoms with Crippen LogP contribution in [0.1, 0.15) is 26.8 Å². The van der Waals surface area contributed by atoms with Crippen LogP contribution in [0.25, 0.3) is 0 Å². The van der Waals surface area contributed by atoms with E-state index in [9.17, 15) is 14.7 Å². The molecule has 0 saturated carbocycles. The van der Waals surface area contributed by atoms with E-state index in [-0.39, 0.29) is 17.9 Å². The monoisotopic (exact) mass is 376 g/mol. The minimum Gasteiger partial charge on any atom is -0.503 e. The molecule has 0 radical (unpaired) electrons. The van der Waals surface area contributed by atoms with E-state index in [1.807, 2.05) is 36.4 Å². The summed E-state index contributed by atoms with van der Waals surface area (Å²) in [5.41, 5.74) is 1.72. The van der Waals surface area contributed by atoms with E-state index in [0.717, 1.165) is 11.1 Å². The molecule has 3 aromatic rings. The lowest BCUT2D eigenvalue weighted by Crippen LogP contribution is -2.30. The number of hydrogen-bond acceptors (Lipinski definition) is 5. The first-order chi connectivity index (χ1) is 13.2. The van der Waals surface area contributed by atoms with Crippen molar-refractivity contribution in [3.63, 3.8) is 0 Å². The highest BCUT2D eigenvalue weighted by Crippen LogP contribution is 2.40. The number of rotatable bonds is 5. The third-order valence-electron chi connectivity index (χ3n) is 4.48. The second-order valence-corrected chi connectivity index (χ2v) is 7.12. The van der Waals surface area contributed by atoms with Crippen LogP contribution in [0.4, 0.5) is 0 Å². The van der Waals surface area contributed by atoms with Gasteiger partial charge in [0.15, 0.2) is 5.76 Å². The smallest absolute Gasteiger partial charge is 0.290 e. The number of pyridine rings is 1. The molecule has 4 rings (SSSR count). The van der Waals surface area contributed by atoms with Crippen LogP contribution >= 0.6 is 11.3 Å². The van der Waals surface area contributed by atoms with Crippen LogP contribution in [0.5, 0.6) is 0 Å². The first kappa shape index (κ1) is 17.2. The van der Waals surface area contributed by atoms with Gasteiger partial charge < -0.3 is 10.0 Å². The minimum atomic E-state index is -0.645. The van der Waals surface area contributed by atoms with Crippen molar-refractivity contribution >= 4 is 23.0 Å². The standard InChI is InChI=1S/C21H16N2O3S/c24-19(16-9-5-11-27-16)17-18(15-7-2-1-3-8-15)23(21(26)20(17)25)13-14-6-4-10-22-12-14/h1-12,18,25H,13H2/t18-/m0/s1. The van der Waals surface area contributed by atoms with Crippen LogP contribution in [-0.4, -0.2) is 26.7 Å². The predicted molar refractivity (Wildman–Crippen MR) is 102 cm³/mol. The topological polar surface area (TPSA) is 70.5 Å². The van der Waals surface area contributed by atoms with Gasteiger partial charge in [0.05, 0.1) is 16.5 Å². The Morgan fingerprint density at radius 1 is 1.11 bits per heavy atom. The Balaban J connectivity index is 1.79.